The van der Waals surface area contributed by atoms with Gasteiger partial charge in [-0.25, -0.2) is 9.50 Å². The number of nitro groups is 1. The Morgan fingerprint density at radius 1 is 1.21 bits per heavy atom. The van der Waals surface area contributed by atoms with Gasteiger partial charge in [0, 0.05) is 48.7 Å². The number of benzene rings is 1. The average molecular weight is 383 g/mol. The second kappa shape index (κ2) is 8.42. The van der Waals surface area contributed by atoms with E-state index in [1.807, 2.05) is 13.8 Å². The van der Waals surface area contributed by atoms with E-state index in [0.29, 0.717) is 31.7 Å². The Morgan fingerprint density at radius 3 is 2.68 bits per heavy atom. The zero-order valence-electron chi connectivity index (χ0n) is 15.7. The van der Waals surface area contributed by atoms with Gasteiger partial charge in [-0.1, -0.05) is 0 Å². The molecule has 2 aromatic heterocycles. The van der Waals surface area contributed by atoms with Crippen molar-refractivity contribution in [3.63, 3.8) is 0 Å². The lowest BCUT2D eigenvalue weighted by molar-refractivity contribution is -0.384. The summed E-state index contributed by atoms with van der Waals surface area (Å²) in [6, 6.07) is 6.15. The molecule has 146 valence electrons. The fourth-order valence-electron chi connectivity index (χ4n) is 2.95. The first-order chi connectivity index (χ1) is 13.5. The number of carbonyl (C=O) groups excluding carboxylic acids is 1. The minimum Gasteiger partial charge on any atom is -0.383 e. The van der Waals surface area contributed by atoms with E-state index in [1.165, 1.54) is 18.5 Å². The molecule has 2 heterocycles. The molecular formula is C18H21N7O3. The Hall–Kier alpha value is -3.56. The third kappa shape index (κ3) is 4.40. The number of anilines is 1. The first kappa shape index (κ1) is 19.2. The zero-order valence-corrected chi connectivity index (χ0v) is 15.7. The van der Waals surface area contributed by atoms with E-state index >= 15 is 0 Å². The molecule has 10 heteroatoms. The van der Waals surface area contributed by atoms with E-state index in [2.05, 4.69) is 25.7 Å². The summed E-state index contributed by atoms with van der Waals surface area (Å²) in [6.45, 7) is 4.82. The van der Waals surface area contributed by atoms with Crippen molar-refractivity contribution in [2.24, 2.45) is 0 Å². The van der Waals surface area contributed by atoms with Crippen LogP contribution in [0.2, 0.25) is 0 Å². The predicted molar refractivity (Wildman–Crippen MR) is 103 cm³/mol. The summed E-state index contributed by atoms with van der Waals surface area (Å²) in [4.78, 5) is 30.8. The lowest BCUT2D eigenvalue weighted by atomic mass is 10.1. The van der Waals surface area contributed by atoms with Crippen molar-refractivity contribution in [2.45, 2.75) is 26.7 Å². The Bertz CT molecular complexity index is 998. The lowest BCUT2D eigenvalue weighted by Gasteiger charge is -2.11. The first-order valence-corrected chi connectivity index (χ1v) is 8.86. The summed E-state index contributed by atoms with van der Waals surface area (Å²) in [7, 11) is 0. The fraction of sp³-hybridized carbons (Fsp3) is 0.333. The number of non-ortho nitro benzene ring substituents is 1. The highest BCUT2D eigenvalue weighted by molar-refractivity contribution is 5.76. The Kier molecular flexibility index (Phi) is 5.78. The molecule has 0 spiro atoms. The highest BCUT2D eigenvalue weighted by atomic mass is 16.6. The lowest BCUT2D eigenvalue weighted by Crippen LogP contribution is -2.29. The normalized spacial score (nSPS) is 10.8. The van der Waals surface area contributed by atoms with E-state index in [0.717, 1.165) is 22.6 Å². The summed E-state index contributed by atoms with van der Waals surface area (Å²) in [6.07, 6.45) is 2.38. The van der Waals surface area contributed by atoms with Gasteiger partial charge in [0.25, 0.3) is 11.5 Å². The average Bonchev–Trinajstić information content (AvgIpc) is 3.14. The molecule has 0 bridgehead atoms. The molecule has 0 atom stereocenters. The molecule has 0 saturated carbocycles. The maximum Gasteiger partial charge on any atom is 0.269 e. The molecule has 0 aliphatic carbocycles. The second-order valence-electron chi connectivity index (χ2n) is 6.31. The van der Waals surface area contributed by atoms with Crippen LogP contribution >= 0.6 is 0 Å². The van der Waals surface area contributed by atoms with Gasteiger partial charge >= 0.3 is 0 Å². The van der Waals surface area contributed by atoms with Crippen molar-refractivity contribution in [3.05, 3.63) is 57.7 Å². The fourth-order valence-corrected chi connectivity index (χ4v) is 2.95. The van der Waals surface area contributed by atoms with Gasteiger partial charge < -0.3 is 10.6 Å². The van der Waals surface area contributed by atoms with E-state index in [9.17, 15) is 14.9 Å². The maximum absolute atomic E-state index is 12.1. The summed E-state index contributed by atoms with van der Waals surface area (Å²) in [5.74, 6) is 0.503. The molecule has 0 fully saturated rings. The van der Waals surface area contributed by atoms with E-state index in [-0.39, 0.29) is 11.6 Å². The quantitative estimate of drug-likeness (QED) is 0.345. The number of aromatic nitrogens is 4. The van der Waals surface area contributed by atoms with Gasteiger partial charge in [-0.3, -0.25) is 14.9 Å². The number of rotatable bonds is 8. The highest BCUT2D eigenvalue weighted by Gasteiger charge is 2.12. The predicted octanol–water partition coefficient (Wildman–Crippen LogP) is 1.81. The summed E-state index contributed by atoms with van der Waals surface area (Å²) >= 11 is 0. The molecule has 0 aliphatic rings. The molecule has 0 unspecified atom stereocenters. The molecule has 3 aromatic rings. The number of fused-ring (bicyclic) bond motifs is 1. The molecular weight excluding hydrogens is 362 g/mol. The van der Waals surface area contributed by atoms with Crippen molar-refractivity contribution in [3.8, 4) is 0 Å². The van der Waals surface area contributed by atoms with Crippen LogP contribution in [-0.4, -0.2) is 43.5 Å². The van der Waals surface area contributed by atoms with E-state index in [1.54, 1.807) is 16.6 Å². The highest BCUT2D eigenvalue weighted by Crippen LogP contribution is 2.16. The van der Waals surface area contributed by atoms with Crippen molar-refractivity contribution >= 4 is 23.1 Å². The molecule has 3 rings (SSSR count). The van der Waals surface area contributed by atoms with Gasteiger partial charge in [0.2, 0.25) is 5.91 Å². The molecule has 28 heavy (non-hydrogen) atoms. The number of hydrogen-bond donors (Lipinski definition) is 2. The van der Waals surface area contributed by atoms with Gasteiger partial charge in [0.15, 0.2) is 0 Å². The molecule has 1 aromatic carbocycles. The van der Waals surface area contributed by atoms with Gasteiger partial charge in [0.1, 0.15) is 6.33 Å². The minimum atomic E-state index is -0.441. The Labute approximate surface area is 161 Å². The molecule has 10 nitrogen and oxygen atoms in total. The van der Waals surface area contributed by atoms with E-state index < -0.39 is 4.92 Å². The van der Waals surface area contributed by atoms with Crippen LogP contribution in [0.4, 0.5) is 11.4 Å². The molecule has 0 saturated heterocycles. The minimum absolute atomic E-state index is 0.0445. The van der Waals surface area contributed by atoms with Crippen LogP contribution in [0, 0.1) is 24.0 Å². The number of carbonyl (C=O) groups is 1. The number of hydrogen-bond acceptors (Lipinski definition) is 7. The van der Waals surface area contributed by atoms with Gasteiger partial charge in [0.05, 0.1) is 4.92 Å². The summed E-state index contributed by atoms with van der Waals surface area (Å²) < 4.78 is 1.67. The van der Waals surface area contributed by atoms with Crippen LogP contribution in [0.5, 0.6) is 0 Å². The topological polar surface area (TPSA) is 127 Å². The van der Waals surface area contributed by atoms with Gasteiger partial charge in [-0.05, 0) is 38.0 Å². The Morgan fingerprint density at radius 2 is 1.96 bits per heavy atom. The van der Waals surface area contributed by atoms with Crippen molar-refractivity contribution in [1.82, 2.24) is 24.9 Å². The number of nitro benzene ring substituents is 1. The monoisotopic (exact) mass is 383 g/mol. The summed E-state index contributed by atoms with van der Waals surface area (Å²) in [5.41, 5.74) is 3.59. The van der Waals surface area contributed by atoms with Crippen LogP contribution in [0.3, 0.4) is 0 Å². The summed E-state index contributed by atoms with van der Waals surface area (Å²) in [5, 5.41) is 20.7. The molecule has 1 amide bonds. The smallest absolute Gasteiger partial charge is 0.269 e. The molecule has 0 radical (unpaired) electrons. The SMILES string of the molecule is Cc1nc2ncnn2c(C)c1CCC(=O)NCCNc1ccc([N+](=O)[O-])cc1. The first-order valence-electron chi connectivity index (χ1n) is 8.86. The van der Waals surface area contributed by atoms with E-state index in [4.69, 9.17) is 0 Å². The number of nitrogens with zero attached hydrogens (tertiary/aromatic N) is 5. The second-order valence-corrected chi connectivity index (χ2v) is 6.31. The van der Waals surface area contributed by atoms with Crippen LogP contribution in [0.1, 0.15) is 23.4 Å². The van der Waals surface area contributed by atoms with Crippen molar-refractivity contribution in [1.29, 1.82) is 0 Å². The van der Waals surface area contributed by atoms with Crippen LogP contribution in [0.15, 0.2) is 30.6 Å². The number of amides is 1. The molecule has 0 aliphatic heterocycles. The number of nitrogens with one attached hydrogen (secondary N) is 2. The van der Waals surface area contributed by atoms with Gasteiger partial charge in [-0.15, -0.1) is 0 Å². The maximum atomic E-state index is 12.1. The molecule has 2 N–H and O–H groups in total. The van der Waals surface area contributed by atoms with Crippen LogP contribution in [-0.2, 0) is 11.2 Å². The van der Waals surface area contributed by atoms with Crippen LogP contribution < -0.4 is 10.6 Å². The standard InChI is InChI=1S/C18H21N7O3/c1-12-16(13(2)24-18(23-12)21-11-22-24)7-8-17(26)20-10-9-19-14-3-5-15(6-4-14)25(27)28/h3-6,11,19H,7-10H2,1-2H3,(H,20,26). The number of aryl methyl sites for hydroxylation is 2. The van der Waals surface area contributed by atoms with Crippen molar-refractivity contribution in [2.75, 3.05) is 18.4 Å². The largest absolute Gasteiger partial charge is 0.383 e. The third-order valence-corrected chi connectivity index (χ3v) is 4.45. The van der Waals surface area contributed by atoms with Crippen LogP contribution in [0.25, 0.3) is 5.78 Å². The van der Waals surface area contributed by atoms with Crippen molar-refractivity contribution < 1.29 is 9.72 Å². The zero-order chi connectivity index (χ0) is 20.1. The van der Waals surface area contributed by atoms with Gasteiger partial charge in [-0.2, -0.15) is 10.1 Å². The third-order valence-electron chi connectivity index (χ3n) is 4.45. The Balaban J connectivity index is 1.44.